The van der Waals surface area contributed by atoms with E-state index < -0.39 is 0 Å². The van der Waals surface area contributed by atoms with Gasteiger partial charge in [-0.15, -0.1) is 11.3 Å². The van der Waals surface area contributed by atoms with Crippen LogP contribution in [0.5, 0.6) is 5.75 Å². The molecule has 0 aliphatic heterocycles. The Labute approximate surface area is 154 Å². The molecule has 0 aliphatic carbocycles. The van der Waals surface area contributed by atoms with Gasteiger partial charge in [-0.05, 0) is 36.8 Å². The van der Waals surface area contributed by atoms with Crippen molar-refractivity contribution in [3.63, 3.8) is 0 Å². The summed E-state index contributed by atoms with van der Waals surface area (Å²) < 4.78 is 6.12. The Morgan fingerprint density at radius 2 is 2.00 bits per heavy atom. The van der Waals surface area contributed by atoms with Crippen LogP contribution in [0.4, 0.5) is 0 Å². The number of ether oxygens (including phenoxy) is 1. The van der Waals surface area contributed by atoms with Crippen LogP contribution in [0.2, 0.25) is 10.0 Å². The van der Waals surface area contributed by atoms with Gasteiger partial charge in [-0.25, -0.2) is 0 Å². The average molecular weight is 380 g/mol. The molecule has 0 saturated carbocycles. The minimum Gasteiger partial charge on any atom is -0.497 e. The van der Waals surface area contributed by atoms with Crippen LogP contribution in [-0.4, -0.2) is 13.0 Å². The van der Waals surface area contributed by atoms with Crippen LogP contribution in [0.1, 0.15) is 28.2 Å². The zero-order valence-corrected chi connectivity index (χ0v) is 15.4. The molecule has 1 atom stereocenters. The number of fused-ring (bicyclic) bond motifs is 1. The second-order valence-corrected chi connectivity index (χ2v) is 7.22. The topological polar surface area (TPSA) is 38.3 Å². The van der Waals surface area contributed by atoms with E-state index in [2.05, 4.69) is 5.32 Å². The molecule has 1 heterocycles. The SMILES string of the molecule is COc1cccc(C(C)NC(=O)c2sc3cc(Cl)ccc3c2Cl)c1. The molecule has 0 saturated heterocycles. The summed E-state index contributed by atoms with van der Waals surface area (Å²) in [7, 11) is 1.62. The van der Waals surface area contributed by atoms with Gasteiger partial charge >= 0.3 is 0 Å². The lowest BCUT2D eigenvalue weighted by Gasteiger charge is -2.14. The van der Waals surface area contributed by atoms with Gasteiger partial charge in [0.25, 0.3) is 5.91 Å². The van der Waals surface area contributed by atoms with Gasteiger partial charge in [-0.2, -0.15) is 0 Å². The van der Waals surface area contributed by atoms with E-state index in [0.29, 0.717) is 14.9 Å². The number of carbonyl (C=O) groups excluding carboxylic acids is 1. The maximum Gasteiger partial charge on any atom is 0.263 e. The number of hydrogen-bond acceptors (Lipinski definition) is 3. The summed E-state index contributed by atoms with van der Waals surface area (Å²) in [5, 5.41) is 4.90. The van der Waals surface area contributed by atoms with E-state index in [0.717, 1.165) is 21.4 Å². The van der Waals surface area contributed by atoms with Crippen molar-refractivity contribution in [3.8, 4) is 5.75 Å². The average Bonchev–Trinajstić information content (AvgIpc) is 2.91. The molecule has 0 fully saturated rings. The van der Waals surface area contributed by atoms with Crippen molar-refractivity contribution < 1.29 is 9.53 Å². The van der Waals surface area contributed by atoms with Crippen molar-refractivity contribution in [1.82, 2.24) is 5.32 Å². The Bertz CT molecular complexity index is 907. The molecule has 0 spiro atoms. The molecule has 1 N–H and O–H groups in total. The third-order valence-corrected chi connectivity index (χ3v) is 5.63. The van der Waals surface area contributed by atoms with Gasteiger partial charge in [0.05, 0.1) is 18.2 Å². The Kier molecular flexibility index (Phi) is 4.99. The van der Waals surface area contributed by atoms with Crippen molar-refractivity contribution in [2.75, 3.05) is 7.11 Å². The van der Waals surface area contributed by atoms with E-state index in [1.807, 2.05) is 43.3 Å². The first-order valence-electron chi connectivity index (χ1n) is 7.32. The van der Waals surface area contributed by atoms with Gasteiger partial charge in [0, 0.05) is 15.1 Å². The molecule has 0 radical (unpaired) electrons. The largest absolute Gasteiger partial charge is 0.497 e. The van der Waals surface area contributed by atoms with E-state index in [1.54, 1.807) is 13.2 Å². The lowest BCUT2D eigenvalue weighted by molar-refractivity contribution is 0.0944. The maximum absolute atomic E-state index is 12.6. The minimum absolute atomic E-state index is 0.169. The quantitative estimate of drug-likeness (QED) is 0.630. The molecular weight excluding hydrogens is 365 g/mol. The lowest BCUT2D eigenvalue weighted by Crippen LogP contribution is -2.26. The van der Waals surface area contributed by atoms with Gasteiger partial charge in [0.1, 0.15) is 10.6 Å². The third kappa shape index (κ3) is 3.36. The van der Waals surface area contributed by atoms with Gasteiger partial charge in [-0.3, -0.25) is 4.79 Å². The first-order valence-corrected chi connectivity index (χ1v) is 8.89. The molecule has 1 amide bonds. The predicted octanol–water partition coefficient (Wildman–Crippen LogP) is 5.71. The van der Waals surface area contributed by atoms with Crippen LogP contribution in [0, 0.1) is 0 Å². The number of thiophene rings is 1. The molecule has 1 unspecified atom stereocenters. The van der Waals surface area contributed by atoms with E-state index in [-0.39, 0.29) is 11.9 Å². The first kappa shape index (κ1) is 17.1. The van der Waals surface area contributed by atoms with E-state index in [1.165, 1.54) is 11.3 Å². The fourth-order valence-corrected chi connectivity index (χ4v) is 4.14. The minimum atomic E-state index is -0.201. The summed E-state index contributed by atoms with van der Waals surface area (Å²) in [5.74, 6) is 0.552. The highest BCUT2D eigenvalue weighted by atomic mass is 35.5. The summed E-state index contributed by atoms with van der Waals surface area (Å²) in [6.07, 6.45) is 0. The van der Waals surface area contributed by atoms with Crippen molar-refractivity contribution in [1.29, 1.82) is 0 Å². The summed E-state index contributed by atoms with van der Waals surface area (Å²) in [4.78, 5) is 13.1. The van der Waals surface area contributed by atoms with Crippen LogP contribution in [0.25, 0.3) is 10.1 Å². The molecule has 3 aromatic rings. The molecule has 0 bridgehead atoms. The molecule has 24 heavy (non-hydrogen) atoms. The maximum atomic E-state index is 12.6. The van der Waals surface area contributed by atoms with Crippen molar-refractivity contribution >= 4 is 50.5 Å². The standard InChI is InChI=1S/C18H15Cl2NO2S/c1-10(11-4-3-5-13(8-11)23-2)21-18(22)17-16(20)14-7-6-12(19)9-15(14)24-17/h3-10H,1-2H3,(H,21,22). The molecular formula is C18H15Cl2NO2S. The number of rotatable bonds is 4. The highest BCUT2D eigenvalue weighted by Gasteiger charge is 2.19. The van der Waals surface area contributed by atoms with Crippen LogP contribution in [-0.2, 0) is 0 Å². The highest BCUT2D eigenvalue weighted by molar-refractivity contribution is 7.21. The van der Waals surface area contributed by atoms with Gasteiger partial charge in [0.2, 0.25) is 0 Å². The number of hydrogen-bond donors (Lipinski definition) is 1. The normalized spacial score (nSPS) is 12.2. The van der Waals surface area contributed by atoms with Crippen LogP contribution in [0.15, 0.2) is 42.5 Å². The summed E-state index contributed by atoms with van der Waals surface area (Å²) in [6, 6.07) is 12.8. The highest BCUT2D eigenvalue weighted by Crippen LogP contribution is 2.37. The Morgan fingerprint density at radius 3 is 2.75 bits per heavy atom. The second-order valence-electron chi connectivity index (χ2n) is 5.36. The number of amides is 1. The van der Waals surface area contributed by atoms with E-state index >= 15 is 0 Å². The van der Waals surface area contributed by atoms with Crippen LogP contribution >= 0.6 is 34.5 Å². The number of nitrogens with one attached hydrogen (secondary N) is 1. The zero-order chi connectivity index (χ0) is 17.3. The third-order valence-electron chi connectivity index (χ3n) is 3.74. The first-order chi connectivity index (χ1) is 11.5. The van der Waals surface area contributed by atoms with Crippen molar-refractivity contribution in [3.05, 3.63) is 63.0 Å². The molecule has 0 aliphatic rings. The van der Waals surface area contributed by atoms with Crippen LogP contribution < -0.4 is 10.1 Å². The molecule has 6 heteroatoms. The van der Waals surface area contributed by atoms with Gasteiger partial charge in [0.15, 0.2) is 0 Å². The Balaban J connectivity index is 1.85. The van der Waals surface area contributed by atoms with Crippen LogP contribution in [0.3, 0.4) is 0 Å². The summed E-state index contributed by atoms with van der Waals surface area (Å²) in [5.41, 5.74) is 0.961. The zero-order valence-electron chi connectivity index (χ0n) is 13.1. The van der Waals surface area contributed by atoms with Crippen molar-refractivity contribution in [2.24, 2.45) is 0 Å². The second kappa shape index (κ2) is 7.01. The smallest absolute Gasteiger partial charge is 0.263 e. The summed E-state index contributed by atoms with van der Waals surface area (Å²) in [6.45, 7) is 1.92. The monoisotopic (exact) mass is 379 g/mol. The molecule has 3 rings (SSSR count). The Hall–Kier alpha value is -1.75. The van der Waals surface area contributed by atoms with Crippen molar-refractivity contribution in [2.45, 2.75) is 13.0 Å². The van der Waals surface area contributed by atoms with E-state index in [9.17, 15) is 4.79 Å². The number of benzene rings is 2. The Morgan fingerprint density at radius 1 is 1.21 bits per heavy atom. The molecule has 2 aromatic carbocycles. The fraction of sp³-hybridized carbons (Fsp3) is 0.167. The fourth-order valence-electron chi connectivity index (χ4n) is 2.44. The molecule has 3 nitrogen and oxygen atoms in total. The predicted molar refractivity (Wildman–Crippen MR) is 101 cm³/mol. The van der Waals surface area contributed by atoms with Gasteiger partial charge in [-0.1, -0.05) is 41.4 Å². The number of methoxy groups -OCH3 is 1. The lowest BCUT2D eigenvalue weighted by atomic mass is 10.1. The van der Waals surface area contributed by atoms with E-state index in [4.69, 9.17) is 27.9 Å². The molecule has 1 aromatic heterocycles. The van der Waals surface area contributed by atoms with Gasteiger partial charge < -0.3 is 10.1 Å². The number of halogens is 2. The number of carbonyl (C=O) groups is 1. The summed E-state index contributed by atoms with van der Waals surface area (Å²) >= 11 is 13.7. The molecule has 124 valence electrons.